The molecule has 0 saturated carbocycles. The molecule has 0 aliphatic rings. The van der Waals surface area contributed by atoms with Crippen LogP contribution in [0, 0.1) is 0 Å². The number of hydrogen-bond acceptors (Lipinski definition) is 1. The van der Waals surface area contributed by atoms with Crippen molar-refractivity contribution in [3.05, 3.63) is 65.2 Å². The predicted molar refractivity (Wildman–Crippen MR) is 70.2 cm³/mol. The molecule has 2 nitrogen and oxygen atoms in total. The number of anilines is 1. The van der Waals surface area contributed by atoms with Crippen molar-refractivity contribution in [3.8, 4) is 0 Å². The summed E-state index contributed by atoms with van der Waals surface area (Å²) in [6.07, 6.45) is 0.368. The molecular formula is C14H12ClNO. The van der Waals surface area contributed by atoms with E-state index in [0.717, 1.165) is 11.3 Å². The van der Waals surface area contributed by atoms with E-state index < -0.39 is 0 Å². The molecular weight excluding hydrogens is 234 g/mol. The topological polar surface area (TPSA) is 29.1 Å². The van der Waals surface area contributed by atoms with Crippen molar-refractivity contribution < 1.29 is 4.79 Å². The zero-order chi connectivity index (χ0) is 12.1. The van der Waals surface area contributed by atoms with Gasteiger partial charge in [-0.15, -0.1) is 0 Å². The summed E-state index contributed by atoms with van der Waals surface area (Å²) in [4.78, 5) is 11.7. The van der Waals surface area contributed by atoms with Gasteiger partial charge in [0.2, 0.25) is 5.91 Å². The maximum atomic E-state index is 11.7. The second-order valence-electron chi connectivity index (χ2n) is 3.72. The van der Waals surface area contributed by atoms with Crippen LogP contribution in [-0.4, -0.2) is 5.91 Å². The van der Waals surface area contributed by atoms with E-state index in [1.807, 2.05) is 36.4 Å². The Bertz CT molecular complexity index is 511. The first-order chi connectivity index (χ1) is 8.24. The molecule has 2 aromatic rings. The highest BCUT2D eigenvalue weighted by Crippen LogP contribution is 2.15. The van der Waals surface area contributed by atoms with E-state index in [4.69, 9.17) is 11.6 Å². The van der Waals surface area contributed by atoms with Crippen LogP contribution in [0.1, 0.15) is 5.56 Å². The van der Waals surface area contributed by atoms with Crippen LogP contribution in [0.5, 0.6) is 0 Å². The van der Waals surface area contributed by atoms with Gasteiger partial charge in [0.25, 0.3) is 0 Å². The first-order valence-electron chi connectivity index (χ1n) is 5.33. The van der Waals surface area contributed by atoms with Crippen molar-refractivity contribution in [2.24, 2.45) is 0 Å². The summed E-state index contributed by atoms with van der Waals surface area (Å²) in [5, 5.41) is 3.42. The fourth-order valence-electron chi connectivity index (χ4n) is 1.55. The lowest BCUT2D eigenvalue weighted by Gasteiger charge is -2.05. The van der Waals surface area contributed by atoms with Gasteiger partial charge in [0.1, 0.15) is 0 Å². The molecule has 0 heterocycles. The standard InChI is InChI=1S/C14H12ClNO/c15-12-7-4-8-13(10-12)16-14(17)9-11-5-2-1-3-6-11/h1-8,10H,9H2,(H,16,17). The molecule has 0 aliphatic heterocycles. The Balaban J connectivity index is 1.98. The number of hydrogen-bond donors (Lipinski definition) is 1. The number of carbonyl (C=O) groups excluding carboxylic acids is 1. The number of halogens is 1. The molecule has 0 atom stereocenters. The van der Waals surface area contributed by atoms with Crippen molar-refractivity contribution >= 4 is 23.2 Å². The molecule has 0 spiro atoms. The number of nitrogens with one attached hydrogen (secondary N) is 1. The number of benzene rings is 2. The molecule has 1 amide bonds. The molecule has 17 heavy (non-hydrogen) atoms. The minimum atomic E-state index is -0.0431. The fraction of sp³-hybridized carbons (Fsp3) is 0.0714. The second kappa shape index (κ2) is 5.51. The summed E-state index contributed by atoms with van der Waals surface area (Å²) >= 11 is 5.84. The molecule has 86 valence electrons. The number of amides is 1. The van der Waals surface area contributed by atoms with Crippen LogP contribution in [0.3, 0.4) is 0 Å². The van der Waals surface area contributed by atoms with E-state index >= 15 is 0 Å². The lowest BCUT2D eigenvalue weighted by Crippen LogP contribution is -2.14. The zero-order valence-corrected chi connectivity index (χ0v) is 9.95. The Hall–Kier alpha value is -1.80. The van der Waals surface area contributed by atoms with Gasteiger partial charge in [-0.05, 0) is 23.8 Å². The minimum absolute atomic E-state index is 0.0431. The van der Waals surface area contributed by atoms with Gasteiger partial charge in [0, 0.05) is 10.7 Å². The normalized spacial score (nSPS) is 9.94. The van der Waals surface area contributed by atoms with Crippen LogP contribution in [0.4, 0.5) is 5.69 Å². The monoisotopic (exact) mass is 245 g/mol. The van der Waals surface area contributed by atoms with Gasteiger partial charge in [-0.3, -0.25) is 4.79 Å². The smallest absolute Gasteiger partial charge is 0.228 e. The Morgan fingerprint density at radius 1 is 1.06 bits per heavy atom. The maximum absolute atomic E-state index is 11.7. The van der Waals surface area contributed by atoms with Gasteiger partial charge in [-0.25, -0.2) is 0 Å². The predicted octanol–water partition coefficient (Wildman–Crippen LogP) is 3.52. The molecule has 0 unspecified atom stereocenters. The van der Waals surface area contributed by atoms with Crippen LogP contribution in [0.15, 0.2) is 54.6 Å². The fourth-order valence-corrected chi connectivity index (χ4v) is 1.74. The van der Waals surface area contributed by atoms with Crippen LogP contribution in [-0.2, 0) is 11.2 Å². The third kappa shape index (κ3) is 3.61. The summed E-state index contributed by atoms with van der Waals surface area (Å²) < 4.78 is 0. The van der Waals surface area contributed by atoms with E-state index in [2.05, 4.69) is 5.32 Å². The SMILES string of the molecule is O=C(Cc1ccccc1)Nc1cccc(Cl)c1. The lowest BCUT2D eigenvalue weighted by molar-refractivity contribution is -0.115. The molecule has 3 heteroatoms. The van der Waals surface area contributed by atoms with Crippen molar-refractivity contribution in [2.45, 2.75) is 6.42 Å². The van der Waals surface area contributed by atoms with Crippen molar-refractivity contribution in [2.75, 3.05) is 5.32 Å². The van der Waals surface area contributed by atoms with Gasteiger partial charge < -0.3 is 5.32 Å². The molecule has 2 aromatic carbocycles. The van der Waals surface area contributed by atoms with Gasteiger partial charge in [-0.2, -0.15) is 0 Å². The van der Waals surface area contributed by atoms with E-state index in [9.17, 15) is 4.79 Å². The van der Waals surface area contributed by atoms with Crippen LogP contribution >= 0.6 is 11.6 Å². The third-order valence-electron chi connectivity index (χ3n) is 2.32. The van der Waals surface area contributed by atoms with Crippen LogP contribution < -0.4 is 5.32 Å². The minimum Gasteiger partial charge on any atom is -0.326 e. The van der Waals surface area contributed by atoms with E-state index in [1.54, 1.807) is 18.2 Å². The average Bonchev–Trinajstić information content (AvgIpc) is 2.30. The maximum Gasteiger partial charge on any atom is 0.228 e. The lowest BCUT2D eigenvalue weighted by atomic mass is 10.1. The Kier molecular flexibility index (Phi) is 3.78. The van der Waals surface area contributed by atoms with Crippen molar-refractivity contribution in [1.29, 1.82) is 0 Å². The number of carbonyl (C=O) groups is 1. The average molecular weight is 246 g/mol. The van der Waals surface area contributed by atoms with Gasteiger partial charge >= 0.3 is 0 Å². The summed E-state index contributed by atoms with van der Waals surface area (Å²) in [6, 6.07) is 16.7. The van der Waals surface area contributed by atoms with E-state index in [0.29, 0.717) is 11.4 Å². The molecule has 0 fully saturated rings. The highest BCUT2D eigenvalue weighted by molar-refractivity contribution is 6.30. The van der Waals surface area contributed by atoms with E-state index in [-0.39, 0.29) is 5.91 Å². The van der Waals surface area contributed by atoms with Crippen LogP contribution in [0.2, 0.25) is 5.02 Å². The molecule has 0 aliphatic carbocycles. The third-order valence-corrected chi connectivity index (χ3v) is 2.55. The Morgan fingerprint density at radius 3 is 2.53 bits per heavy atom. The molecule has 0 bridgehead atoms. The number of rotatable bonds is 3. The van der Waals surface area contributed by atoms with E-state index in [1.165, 1.54) is 0 Å². The largest absolute Gasteiger partial charge is 0.326 e. The van der Waals surface area contributed by atoms with Crippen molar-refractivity contribution in [1.82, 2.24) is 0 Å². The zero-order valence-electron chi connectivity index (χ0n) is 9.19. The molecule has 2 rings (SSSR count). The first-order valence-corrected chi connectivity index (χ1v) is 5.71. The summed E-state index contributed by atoms with van der Waals surface area (Å²) in [5.74, 6) is -0.0431. The Labute approximate surface area is 105 Å². The highest BCUT2D eigenvalue weighted by Gasteiger charge is 2.03. The van der Waals surface area contributed by atoms with Gasteiger partial charge in [-0.1, -0.05) is 48.0 Å². The van der Waals surface area contributed by atoms with Crippen molar-refractivity contribution in [3.63, 3.8) is 0 Å². The molecule has 0 saturated heterocycles. The van der Waals surface area contributed by atoms with Gasteiger partial charge in [0.05, 0.1) is 6.42 Å². The summed E-state index contributed by atoms with van der Waals surface area (Å²) in [6.45, 7) is 0. The molecule has 1 N–H and O–H groups in total. The second-order valence-corrected chi connectivity index (χ2v) is 4.16. The van der Waals surface area contributed by atoms with Crippen LogP contribution in [0.25, 0.3) is 0 Å². The molecule has 0 aromatic heterocycles. The Morgan fingerprint density at radius 2 is 1.82 bits per heavy atom. The highest BCUT2D eigenvalue weighted by atomic mass is 35.5. The van der Waals surface area contributed by atoms with Gasteiger partial charge in [0.15, 0.2) is 0 Å². The first kappa shape index (κ1) is 11.7. The summed E-state index contributed by atoms with van der Waals surface area (Å²) in [7, 11) is 0. The summed E-state index contributed by atoms with van der Waals surface area (Å²) in [5.41, 5.74) is 1.71. The molecule has 0 radical (unpaired) electrons. The quantitative estimate of drug-likeness (QED) is 0.881.